The molecule has 182 valence electrons. The van der Waals surface area contributed by atoms with E-state index in [4.69, 9.17) is 0 Å². The Kier molecular flexibility index (Phi) is 7.90. The molecular formula is C22H20F6N4OS. The molecule has 0 spiro atoms. The van der Waals surface area contributed by atoms with Crippen LogP contribution in [0.2, 0.25) is 0 Å². The standard InChI is InChI=1S/C22H20F6N4OS/c1-2-3-11-34-20-31-30-18(32(20)15-8-6-7-14(12-15)21(23,24)25)13-29-19(33)16-9-4-5-10-17(16)22(26,27)28/h4-10,12H,2-3,11,13H2,1H3,(H,29,33). The summed E-state index contributed by atoms with van der Waals surface area (Å²) >= 11 is 1.28. The summed E-state index contributed by atoms with van der Waals surface area (Å²) in [6.07, 6.45) is -7.57. The molecule has 1 N–H and O–H groups in total. The predicted molar refractivity (Wildman–Crippen MR) is 115 cm³/mol. The topological polar surface area (TPSA) is 59.8 Å². The number of aromatic nitrogens is 3. The van der Waals surface area contributed by atoms with E-state index < -0.39 is 35.0 Å². The van der Waals surface area contributed by atoms with Crippen LogP contribution in [0.1, 0.15) is 47.1 Å². The van der Waals surface area contributed by atoms with Crippen LogP contribution in [0.3, 0.4) is 0 Å². The molecule has 34 heavy (non-hydrogen) atoms. The molecule has 3 rings (SSSR count). The lowest BCUT2D eigenvalue weighted by molar-refractivity contribution is -0.138. The van der Waals surface area contributed by atoms with E-state index in [2.05, 4.69) is 15.5 Å². The number of halogens is 6. The van der Waals surface area contributed by atoms with Gasteiger partial charge in [-0.2, -0.15) is 26.3 Å². The lowest BCUT2D eigenvalue weighted by Gasteiger charge is -2.14. The third-order valence-electron chi connectivity index (χ3n) is 4.75. The summed E-state index contributed by atoms with van der Waals surface area (Å²) in [5.74, 6) is -0.276. The van der Waals surface area contributed by atoms with Crippen LogP contribution in [0.5, 0.6) is 0 Å². The molecule has 1 heterocycles. The van der Waals surface area contributed by atoms with Gasteiger partial charge in [-0.25, -0.2) is 0 Å². The van der Waals surface area contributed by atoms with Gasteiger partial charge in [0.05, 0.1) is 28.9 Å². The van der Waals surface area contributed by atoms with E-state index in [0.29, 0.717) is 10.9 Å². The van der Waals surface area contributed by atoms with Gasteiger partial charge < -0.3 is 5.32 Å². The molecule has 12 heteroatoms. The van der Waals surface area contributed by atoms with Crippen LogP contribution in [0.25, 0.3) is 5.69 Å². The van der Waals surface area contributed by atoms with Gasteiger partial charge in [0.15, 0.2) is 11.0 Å². The molecule has 0 radical (unpaired) electrons. The molecule has 0 aliphatic carbocycles. The molecule has 0 fully saturated rings. The van der Waals surface area contributed by atoms with E-state index in [1.807, 2.05) is 6.92 Å². The summed E-state index contributed by atoms with van der Waals surface area (Å²) in [7, 11) is 0. The number of rotatable bonds is 8. The number of alkyl halides is 6. The number of hydrogen-bond donors (Lipinski definition) is 1. The van der Waals surface area contributed by atoms with Crippen molar-refractivity contribution >= 4 is 17.7 Å². The molecule has 5 nitrogen and oxygen atoms in total. The van der Waals surface area contributed by atoms with Gasteiger partial charge in [0.2, 0.25) is 0 Å². The summed E-state index contributed by atoms with van der Waals surface area (Å²) in [4.78, 5) is 12.5. The highest BCUT2D eigenvalue weighted by atomic mass is 32.2. The molecule has 0 saturated heterocycles. The molecule has 0 atom stereocenters. The van der Waals surface area contributed by atoms with Crippen molar-refractivity contribution in [1.29, 1.82) is 0 Å². The van der Waals surface area contributed by atoms with Crippen molar-refractivity contribution in [2.24, 2.45) is 0 Å². The molecule has 0 bridgehead atoms. The Labute approximate surface area is 195 Å². The Morgan fingerprint density at radius 3 is 2.41 bits per heavy atom. The fourth-order valence-corrected chi connectivity index (χ4v) is 4.13. The number of thioether (sulfide) groups is 1. The van der Waals surface area contributed by atoms with Crippen molar-refractivity contribution in [3.05, 3.63) is 71.0 Å². The van der Waals surface area contributed by atoms with Gasteiger partial charge in [-0.1, -0.05) is 43.3 Å². The van der Waals surface area contributed by atoms with Crippen molar-refractivity contribution in [2.75, 3.05) is 5.75 Å². The SMILES string of the molecule is CCCCSc1nnc(CNC(=O)c2ccccc2C(F)(F)F)n1-c1cccc(C(F)(F)F)c1. The highest BCUT2D eigenvalue weighted by Crippen LogP contribution is 2.33. The largest absolute Gasteiger partial charge is 0.417 e. The van der Waals surface area contributed by atoms with Crippen molar-refractivity contribution in [2.45, 2.75) is 43.8 Å². The van der Waals surface area contributed by atoms with E-state index in [0.717, 1.165) is 37.1 Å². The van der Waals surface area contributed by atoms with E-state index in [9.17, 15) is 31.1 Å². The summed E-state index contributed by atoms with van der Waals surface area (Å²) in [5, 5.41) is 10.7. The van der Waals surface area contributed by atoms with E-state index in [-0.39, 0.29) is 18.1 Å². The quantitative estimate of drug-likeness (QED) is 0.229. The summed E-state index contributed by atoms with van der Waals surface area (Å²) in [5.41, 5.74) is -2.42. The number of benzene rings is 2. The van der Waals surface area contributed by atoms with Crippen LogP contribution < -0.4 is 5.32 Å². The Morgan fingerprint density at radius 1 is 1.00 bits per heavy atom. The first-order valence-electron chi connectivity index (χ1n) is 10.2. The lowest BCUT2D eigenvalue weighted by Crippen LogP contribution is -2.27. The minimum Gasteiger partial charge on any atom is -0.345 e. The summed E-state index contributed by atoms with van der Waals surface area (Å²) < 4.78 is 80.8. The Hall–Kier alpha value is -3.02. The minimum atomic E-state index is -4.73. The van der Waals surface area contributed by atoms with Gasteiger partial charge in [-0.05, 0) is 36.8 Å². The number of nitrogens with one attached hydrogen (secondary N) is 1. The van der Waals surface area contributed by atoms with Crippen LogP contribution in [0.4, 0.5) is 26.3 Å². The third kappa shape index (κ3) is 6.10. The van der Waals surface area contributed by atoms with Crippen molar-refractivity contribution < 1.29 is 31.1 Å². The summed E-state index contributed by atoms with van der Waals surface area (Å²) in [6, 6.07) is 8.84. The molecule has 0 saturated carbocycles. The zero-order chi connectivity index (χ0) is 24.9. The maximum absolute atomic E-state index is 13.2. The maximum atomic E-state index is 13.2. The Balaban J connectivity index is 1.92. The van der Waals surface area contributed by atoms with Gasteiger partial charge in [0.25, 0.3) is 5.91 Å². The second-order valence-electron chi connectivity index (χ2n) is 7.21. The van der Waals surface area contributed by atoms with Crippen molar-refractivity contribution in [3.8, 4) is 5.69 Å². The van der Waals surface area contributed by atoms with Crippen LogP contribution in [0, 0.1) is 0 Å². The van der Waals surface area contributed by atoms with Crippen LogP contribution in [-0.4, -0.2) is 26.4 Å². The minimum absolute atomic E-state index is 0.0798. The van der Waals surface area contributed by atoms with Gasteiger partial charge >= 0.3 is 12.4 Å². The number of hydrogen-bond acceptors (Lipinski definition) is 4. The second kappa shape index (κ2) is 10.5. The predicted octanol–water partition coefficient (Wildman–Crippen LogP) is 6.13. The molecular weight excluding hydrogens is 482 g/mol. The molecule has 1 aromatic heterocycles. The number of nitrogens with zero attached hydrogens (tertiary/aromatic N) is 3. The smallest absolute Gasteiger partial charge is 0.345 e. The van der Waals surface area contributed by atoms with Gasteiger partial charge in [-0.3, -0.25) is 9.36 Å². The normalized spacial score (nSPS) is 12.1. The number of carbonyl (C=O) groups excluding carboxylic acids is 1. The maximum Gasteiger partial charge on any atom is 0.417 e. The number of carbonyl (C=O) groups is 1. The fraction of sp³-hybridized carbons (Fsp3) is 0.318. The zero-order valence-corrected chi connectivity index (χ0v) is 18.7. The van der Waals surface area contributed by atoms with Crippen molar-refractivity contribution in [3.63, 3.8) is 0 Å². The summed E-state index contributed by atoms with van der Waals surface area (Å²) in [6.45, 7) is 1.64. The third-order valence-corrected chi connectivity index (χ3v) is 5.76. The molecule has 3 aromatic rings. The Morgan fingerprint density at radius 2 is 1.74 bits per heavy atom. The number of unbranched alkanes of at least 4 members (excludes halogenated alkanes) is 1. The van der Waals surface area contributed by atoms with Gasteiger partial charge in [0.1, 0.15) is 0 Å². The second-order valence-corrected chi connectivity index (χ2v) is 8.27. The molecule has 0 unspecified atom stereocenters. The van der Waals surface area contributed by atoms with E-state index in [1.54, 1.807) is 0 Å². The molecule has 2 aromatic carbocycles. The van der Waals surface area contributed by atoms with Gasteiger partial charge in [-0.15, -0.1) is 10.2 Å². The highest BCUT2D eigenvalue weighted by Gasteiger charge is 2.35. The van der Waals surface area contributed by atoms with Crippen LogP contribution in [0.15, 0.2) is 53.7 Å². The monoisotopic (exact) mass is 502 g/mol. The number of amides is 1. The molecule has 0 aliphatic heterocycles. The van der Waals surface area contributed by atoms with E-state index in [1.165, 1.54) is 40.6 Å². The van der Waals surface area contributed by atoms with E-state index >= 15 is 0 Å². The van der Waals surface area contributed by atoms with Crippen LogP contribution in [-0.2, 0) is 18.9 Å². The lowest BCUT2D eigenvalue weighted by atomic mass is 10.1. The van der Waals surface area contributed by atoms with Crippen LogP contribution >= 0.6 is 11.8 Å². The molecule has 0 aliphatic rings. The first kappa shape index (κ1) is 25.6. The van der Waals surface area contributed by atoms with Gasteiger partial charge in [0, 0.05) is 5.75 Å². The Bertz CT molecular complexity index is 1140. The highest BCUT2D eigenvalue weighted by molar-refractivity contribution is 7.99. The first-order chi connectivity index (χ1) is 16.0. The average Bonchev–Trinajstić information content (AvgIpc) is 3.19. The fourth-order valence-electron chi connectivity index (χ4n) is 3.08. The molecule has 1 amide bonds. The first-order valence-corrected chi connectivity index (χ1v) is 11.2. The average molecular weight is 502 g/mol. The zero-order valence-electron chi connectivity index (χ0n) is 17.9. The van der Waals surface area contributed by atoms with Crippen molar-refractivity contribution in [1.82, 2.24) is 20.1 Å².